The van der Waals surface area contributed by atoms with E-state index in [4.69, 9.17) is 18.6 Å². The third-order valence-corrected chi connectivity index (χ3v) is 5.66. The number of anilines is 1. The van der Waals surface area contributed by atoms with Crippen molar-refractivity contribution >= 4 is 28.1 Å². The fourth-order valence-corrected chi connectivity index (χ4v) is 4.01. The van der Waals surface area contributed by atoms with Crippen LogP contribution in [0.1, 0.15) is 33.3 Å². The average Bonchev–Trinajstić information content (AvgIpc) is 3.28. The van der Waals surface area contributed by atoms with Crippen molar-refractivity contribution in [1.82, 2.24) is 0 Å². The van der Waals surface area contributed by atoms with Gasteiger partial charge in [0, 0.05) is 34.3 Å². The molecule has 1 amide bonds. The van der Waals surface area contributed by atoms with E-state index in [0.29, 0.717) is 31.3 Å². The Morgan fingerprint density at radius 3 is 2.08 bits per heavy atom. The fraction of sp³-hybridized carbons (Fsp3) is 0.233. The topological polar surface area (TPSA) is 69.9 Å². The van der Waals surface area contributed by atoms with Gasteiger partial charge in [-0.3, -0.25) is 4.79 Å². The molecule has 1 aromatic heterocycles. The Kier molecular flexibility index (Phi) is 7.95. The van der Waals surface area contributed by atoms with E-state index in [1.54, 1.807) is 12.3 Å². The summed E-state index contributed by atoms with van der Waals surface area (Å²) < 4.78 is 22.8. The molecule has 0 atom stereocenters. The van der Waals surface area contributed by atoms with Gasteiger partial charge >= 0.3 is 0 Å². The number of hydrogen-bond donors (Lipinski definition) is 1. The summed E-state index contributed by atoms with van der Waals surface area (Å²) in [5, 5.41) is 3.85. The molecule has 0 unspecified atom stereocenters. The van der Waals surface area contributed by atoms with Crippen molar-refractivity contribution in [2.45, 2.75) is 27.7 Å². The van der Waals surface area contributed by atoms with Gasteiger partial charge in [0.25, 0.3) is 0 Å². The van der Waals surface area contributed by atoms with Crippen LogP contribution in [0.5, 0.6) is 17.2 Å². The Hall–Kier alpha value is -4.19. The Labute approximate surface area is 211 Å². The SMILES string of the molecule is CCOc1ccc(NC(=O)/C=C(\C)c2cc3c(-c4ccc(OCC)cc4)coc3cc2OCC)cc1. The molecule has 0 aliphatic rings. The Balaban J connectivity index is 1.64. The van der Waals surface area contributed by atoms with E-state index in [9.17, 15) is 4.79 Å². The van der Waals surface area contributed by atoms with Gasteiger partial charge in [0.2, 0.25) is 5.91 Å². The van der Waals surface area contributed by atoms with Crippen LogP contribution >= 0.6 is 0 Å². The van der Waals surface area contributed by atoms with E-state index in [1.165, 1.54) is 0 Å². The quantitative estimate of drug-likeness (QED) is 0.238. The molecule has 0 bridgehead atoms. The van der Waals surface area contributed by atoms with Crippen LogP contribution < -0.4 is 19.5 Å². The normalized spacial score (nSPS) is 11.4. The van der Waals surface area contributed by atoms with Crippen LogP contribution in [-0.4, -0.2) is 25.7 Å². The maximum Gasteiger partial charge on any atom is 0.248 e. The first-order chi connectivity index (χ1) is 17.5. The molecular weight excluding hydrogens is 454 g/mol. The number of carbonyl (C=O) groups excluding carboxylic acids is 1. The van der Waals surface area contributed by atoms with E-state index in [1.807, 2.05) is 88.4 Å². The van der Waals surface area contributed by atoms with Crippen LogP contribution in [0.4, 0.5) is 5.69 Å². The summed E-state index contributed by atoms with van der Waals surface area (Å²) >= 11 is 0. The maximum absolute atomic E-state index is 12.8. The number of amides is 1. The third kappa shape index (κ3) is 5.71. The predicted molar refractivity (Wildman–Crippen MR) is 144 cm³/mol. The highest BCUT2D eigenvalue weighted by molar-refractivity contribution is 6.05. The second-order valence-electron chi connectivity index (χ2n) is 8.16. The summed E-state index contributed by atoms with van der Waals surface area (Å²) in [5.74, 6) is 2.03. The van der Waals surface area contributed by atoms with Crippen molar-refractivity contribution in [3.8, 4) is 28.4 Å². The van der Waals surface area contributed by atoms with Crippen molar-refractivity contribution in [1.29, 1.82) is 0 Å². The first-order valence-electron chi connectivity index (χ1n) is 12.2. The first kappa shape index (κ1) is 24.9. The minimum absolute atomic E-state index is 0.224. The van der Waals surface area contributed by atoms with Crippen LogP contribution in [0.25, 0.3) is 27.7 Å². The number of nitrogens with one attached hydrogen (secondary N) is 1. The van der Waals surface area contributed by atoms with Crippen molar-refractivity contribution in [3.63, 3.8) is 0 Å². The van der Waals surface area contributed by atoms with Crippen molar-refractivity contribution in [2.75, 3.05) is 25.1 Å². The lowest BCUT2D eigenvalue weighted by atomic mass is 9.99. The first-order valence-corrected chi connectivity index (χ1v) is 12.2. The van der Waals surface area contributed by atoms with Gasteiger partial charge in [-0.05, 0) is 81.3 Å². The number of furan rings is 1. The van der Waals surface area contributed by atoms with Gasteiger partial charge in [-0.25, -0.2) is 0 Å². The molecule has 3 aromatic carbocycles. The molecule has 0 fully saturated rings. The molecule has 0 saturated heterocycles. The molecule has 36 heavy (non-hydrogen) atoms. The van der Waals surface area contributed by atoms with Crippen molar-refractivity contribution < 1.29 is 23.4 Å². The van der Waals surface area contributed by atoms with Gasteiger partial charge < -0.3 is 23.9 Å². The maximum atomic E-state index is 12.8. The van der Waals surface area contributed by atoms with E-state index in [2.05, 4.69) is 5.32 Å². The van der Waals surface area contributed by atoms with Crippen LogP contribution in [0.3, 0.4) is 0 Å². The lowest BCUT2D eigenvalue weighted by Crippen LogP contribution is -2.08. The Morgan fingerprint density at radius 2 is 1.47 bits per heavy atom. The van der Waals surface area contributed by atoms with Gasteiger partial charge in [-0.1, -0.05) is 12.1 Å². The number of ether oxygens (including phenoxy) is 3. The zero-order valence-electron chi connectivity index (χ0n) is 21.1. The van der Waals surface area contributed by atoms with Crippen LogP contribution in [-0.2, 0) is 4.79 Å². The Bertz CT molecular complexity index is 1350. The summed E-state index contributed by atoms with van der Waals surface area (Å²) in [6, 6.07) is 19.1. The van der Waals surface area contributed by atoms with Crippen molar-refractivity contribution in [3.05, 3.63) is 78.6 Å². The molecule has 1 N–H and O–H groups in total. The second kappa shape index (κ2) is 11.5. The molecule has 0 spiro atoms. The highest BCUT2D eigenvalue weighted by Gasteiger charge is 2.15. The molecule has 0 aliphatic carbocycles. The number of rotatable bonds is 10. The molecule has 6 nitrogen and oxygen atoms in total. The number of allylic oxidation sites excluding steroid dienone is 1. The molecule has 4 aromatic rings. The molecule has 4 rings (SSSR count). The lowest BCUT2D eigenvalue weighted by Gasteiger charge is -2.12. The van der Waals surface area contributed by atoms with Gasteiger partial charge in [0.05, 0.1) is 26.1 Å². The molecule has 0 saturated carbocycles. The zero-order chi connectivity index (χ0) is 25.5. The number of carbonyl (C=O) groups is 1. The summed E-state index contributed by atoms with van der Waals surface area (Å²) in [5.41, 5.74) is 5.01. The second-order valence-corrected chi connectivity index (χ2v) is 8.16. The van der Waals surface area contributed by atoms with Crippen LogP contribution in [0.2, 0.25) is 0 Å². The summed E-state index contributed by atoms with van der Waals surface area (Å²) in [6.45, 7) is 9.44. The predicted octanol–water partition coefficient (Wildman–Crippen LogP) is 7.34. The molecule has 6 heteroatoms. The summed E-state index contributed by atoms with van der Waals surface area (Å²) in [4.78, 5) is 12.8. The number of fused-ring (bicyclic) bond motifs is 1. The van der Waals surface area contributed by atoms with Crippen LogP contribution in [0, 0.1) is 0 Å². The van der Waals surface area contributed by atoms with E-state index < -0.39 is 0 Å². The molecule has 186 valence electrons. The van der Waals surface area contributed by atoms with Gasteiger partial charge in [0.15, 0.2) is 0 Å². The lowest BCUT2D eigenvalue weighted by molar-refractivity contribution is -0.111. The van der Waals surface area contributed by atoms with E-state index in [-0.39, 0.29) is 5.91 Å². The molecular formula is C30H31NO5. The number of benzene rings is 3. The van der Waals surface area contributed by atoms with Crippen LogP contribution in [0.15, 0.2) is 77.4 Å². The monoisotopic (exact) mass is 485 g/mol. The zero-order valence-corrected chi connectivity index (χ0v) is 21.1. The summed E-state index contributed by atoms with van der Waals surface area (Å²) in [7, 11) is 0. The molecule has 0 radical (unpaired) electrons. The Morgan fingerprint density at radius 1 is 0.861 bits per heavy atom. The minimum atomic E-state index is -0.224. The smallest absolute Gasteiger partial charge is 0.248 e. The van der Waals surface area contributed by atoms with E-state index in [0.717, 1.165) is 44.7 Å². The highest BCUT2D eigenvalue weighted by atomic mass is 16.5. The number of hydrogen-bond acceptors (Lipinski definition) is 5. The van der Waals surface area contributed by atoms with Gasteiger partial charge in [-0.2, -0.15) is 0 Å². The molecule has 1 heterocycles. The fourth-order valence-electron chi connectivity index (χ4n) is 4.01. The molecule has 0 aliphatic heterocycles. The third-order valence-electron chi connectivity index (χ3n) is 5.66. The average molecular weight is 486 g/mol. The highest BCUT2D eigenvalue weighted by Crippen LogP contribution is 2.38. The minimum Gasteiger partial charge on any atom is -0.494 e. The summed E-state index contributed by atoms with van der Waals surface area (Å²) in [6.07, 6.45) is 3.33. The standard InChI is InChI=1S/C30H31NO5/c1-5-33-23-12-8-21(9-13-23)27-19-36-29-18-28(35-7-3)25(17-26(27)29)20(4)16-30(32)31-22-10-14-24(15-11-22)34-6-2/h8-19H,5-7H2,1-4H3,(H,31,32)/b20-16+. The van der Waals surface area contributed by atoms with Gasteiger partial charge in [-0.15, -0.1) is 0 Å². The van der Waals surface area contributed by atoms with Gasteiger partial charge in [0.1, 0.15) is 22.8 Å². The largest absolute Gasteiger partial charge is 0.494 e. The van der Waals surface area contributed by atoms with E-state index >= 15 is 0 Å². The van der Waals surface area contributed by atoms with Crippen molar-refractivity contribution in [2.24, 2.45) is 0 Å².